The number of hydrogen-bond donors (Lipinski definition) is 2. The Kier molecular flexibility index (Phi) is 3.02. The molecule has 0 spiro atoms. The van der Waals surface area contributed by atoms with Gasteiger partial charge in [0, 0.05) is 35.9 Å². The third-order valence-electron chi connectivity index (χ3n) is 3.05. The number of anilines is 1. The fourth-order valence-electron chi connectivity index (χ4n) is 1.96. The Bertz CT molecular complexity index is 653. The molecule has 0 fully saturated rings. The second-order valence-electron chi connectivity index (χ2n) is 4.33. The highest BCUT2D eigenvalue weighted by molar-refractivity contribution is 5.42. The van der Waals surface area contributed by atoms with Gasteiger partial charge in [0.1, 0.15) is 0 Å². The molecule has 0 aliphatic carbocycles. The van der Waals surface area contributed by atoms with E-state index >= 15 is 0 Å². The lowest BCUT2D eigenvalue weighted by Crippen LogP contribution is -2.06. The van der Waals surface area contributed by atoms with Crippen LogP contribution in [0.4, 0.5) is 5.95 Å². The summed E-state index contributed by atoms with van der Waals surface area (Å²) in [5.74, 6) is 0.826. The van der Waals surface area contributed by atoms with E-state index in [1.165, 1.54) is 0 Å². The van der Waals surface area contributed by atoms with Crippen LogP contribution in [0.3, 0.4) is 0 Å². The summed E-state index contributed by atoms with van der Waals surface area (Å²) >= 11 is 0. The van der Waals surface area contributed by atoms with Crippen molar-refractivity contribution in [1.29, 1.82) is 0 Å². The van der Waals surface area contributed by atoms with Gasteiger partial charge in [-0.2, -0.15) is 5.10 Å². The van der Waals surface area contributed by atoms with E-state index in [-0.39, 0.29) is 0 Å². The van der Waals surface area contributed by atoms with Gasteiger partial charge in [-0.3, -0.25) is 9.67 Å². The Balaban J connectivity index is 1.80. The summed E-state index contributed by atoms with van der Waals surface area (Å²) in [7, 11) is 0. The smallest absolute Gasteiger partial charge is 0.207 e. The Morgan fingerprint density at radius 3 is 2.84 bits per heavy atom. The Hall–Kier alpha value is -2.56. The maximum Gasteiger partial charge on any atom is 0.207 e. The Morgan fingerprint density at radius 2 is 2.11 bits per heavy atom. The molecule has 5 heteroatoms. The van der Waals surface area contributed by atoms with Crippen molar-refractivity contribution in [2.45, 2.75) is 13.5 Å². The van der Waals surface area contributed by atoms with Crippen LogP contribution in [0, 0.1) is 6.92 Å². The number of rotatable bonds is 4. The van der Waals surface area contributed by atoms with Gasteiger partial charge in [-0.05, 0) is 19.1 Å². The minimum Gasteiger partial charge on any atom is -0.351 e. The molecule has 3 rings (SSSR count). The number of H-pyrrole nitrogens is 1. The third-order valence-corrected chi connectivity index (χ3v) is 3.05. The molecule has 0 aliphatic rings. The predicted octanol–water partition coefficient (Wildman–Crippen LogP) is 2.52. The topological polar surface area (TPSA) is 58.5 Å². The van der Waals surface area contributed by atoms with Crippen molar-refractivity contribution in [2.75, 3.05) is 5.32 Å². The van der Waals surface area contributed by atoms with E-state index in [1.54, 1.807) is 6.20 Å². The molecule has 0 radical (unpaired) electrons. The van der Waals surface area contributed by atoms with E-state index in [1.807, 2.05) is 42.1 Å². The average molecular weight is 253 g/mol. The summed E-state index contributed by atoms with van der Waals surface area (Å²) in [4.78, 5) is 4.34. The maximum absolute atomic E-state index is 4.34. The van der Waals surface area contributed by atoms with Gasteiger partial charge in [-0.15, -0.1) is 0 Å². The lowest BCUT2D eigenvalue weighted by atomic mass is 10.3. The van der Waals surface area contributed by atoms with E-state index < -0.39 is 0 Å². The molecule has 2 heterocycles. The second kappa shape index (κ2) is 4.97. The second-order valence-corrected chi connectivity index (χ2v) is 4.33. The SMILES string of the molecule is Cc1[nH]ncc1CNc1nccn1-c1ccccc1. The first-order chi connectivity index (χ1) is 9.34. The maximum atomic E-state index is 4.34. The number of hydrogen-bond acceptors (Lipinski definition) is 3. The highest BCUT2D eigenvalue weighted by Gasteiger charge is 2.05. The van der Waals surface area contributed by atoms with Crippen molar-refractivity contribution in [3.8, 4) is 5.69 Å². The van der Waals surface area contributed by atoms with Gasteiger partial charge < -0.3 is 5.32 Å². The summed E-state index contributed by atoms with van der Waals surface area (Å²) < 4.78 is 2.02. The number of benzene rings is 1. The summed E-state index contributed by atoms with van der Waals surface area (Å²) in [5, 5.41) is 10.3. The molecule has 0 saturated carbocycles. The fraction of sp³-hybridized carbons (Fsp3) is 0.143. The molecule has 0 unspecified atom stereocenters. The van der Waals surface area contributed by atoms with Crippen LogP contribution in [0.2, 0.25) is 0 Å². The van der Waals surface area contributed by atoms with Crippen LogP contribution in [0.25, 0.3) is 5.69 Å². The van der Waals surface area contributed by atoms with E-state index in [9.17, 15) is 0 Å². The molecule has 19 heavy (non-hydrogen) atoms. The molecule has 3 aromatic rings. The fourth-order valence-corrected chi connectivity index (χ4v) is 1.96. The van der Waals surface area contributed by atoms with E-state index in [4.69, 9.17) is 0 Å². The highest BCUT2D eigenvalue weighted by atomic mass is 15.2. The number of nitrogens with zero attached hydrogens (tertiary/aromatic N) is 3. The zero-order valence-electron chi connectivity index (χ0n) is 10.7. The van der Waals surface area contributed by atoms with Crippen molar-refractivity contribution < 1.29 is 0 Å². The van der Waals surface area contributed by atoms with Crippen molar-refractivity contribution >= 4 is 5.95 Å². The number of nitrogens with one attached hydrogen (secondary N) is 2. The standard InChI is InChI=1S/C14H15N5/c1-11-12(10-17-18-11)9-16-14-15-7-8-19(14)13-5-3-2-4-6-13/h2-8,10H,9H2,1H3,(H,15,16)(H,17,18). The quantitative estimate of drug-likeness (QED) is 0.751. The summed E-state index contributed by atoms with van der Waals surface area (Å²) in [6.07, 6.45) is 5.57. The molecule has 0 aliphatic heterocycles. The van der Waals surface area contributed by atoms with Crippen LogP contribution in [0.15, 0.2) is 48.9 Å². The first-order valence-corrected chi connectivity index (χ1v) is 6.16. The normalized spacial score (nSPS) is 10.6. The average Bonchev–Trinajstić information content (AvgIpc) is 3.06. The minimum absolute atomic E-state index is 0.701. The van der Waals surface area contributed by atoms with Crippen LogP contribution in [-0.4, -0.2) is 19.7 Å². The van der Waals surface area contributed by atoms with E-state index in [0.717, 1.165) is 22.9 Å². The van der Waals surface area contributed by atoms with E-state index in [2.05, 4.69) is 32.6 Å². The summed E-state index contributed by atoms with van der Waals surface area (Å²) in [5.41, 5.74) is 3.30. The first kappa shape index (κ1) is 11.5. The molecule has 0 atom stereocenters. The van der Waals surface area contributed by atoms with Crippen LogP contribution in [-0.2, 0) is 6.54 Å². The van der Waals surface area contributed by atoms with Crippen molar-refractivity contribution in [2.24, 2.45) is 0 Å². The van der Waals surface area contributed by atoms with Crippen molar-refractivity contribution in [3.63, 3.8) is 0 Å². The molecule has 0 amide bonds. The monoisotopic (exact) mass is 253 g/mol. The molecule has 5 nitrogen and oxygen atoms in total. The number of aryl methyl sites for hydroxylation is 1. The molecule has 2 aromatic heterocycles. The van der Waals surface area contributed by atoms with E-state index in [0.29, 0.717) is 6.54 Å². The number of imidazole rings is 1. The summed E-state index contributed by atoms with van der Waals surface area (Å²) in [6.45, 7) is 2.71. The molecule has 0 bridgehead atoms. The van der Waals surface area contributed by atoms with Crippen molar-refractivity contribution in [3.05, 3.63) is 60.2 Å². The van der Waals surface area contributed by atoms with Gasteiger partial charge in [-0.25, -0.2) is 4.98 Å². The largest absolute Gasteiger partial charge is 0.351 e. The van der Waals surface area contributed by atoms with Crippen LogP contribution in [0.5, 0.6) is 0 Å². The zero-order chi connectivity index (χ0) is 13.1. The third kappa shape index (κ3) is 2.35. The number of para-hydroxylation sites is 1. The van der Waals surface area contributed by atoms with Crippen molar-refractivity contribution in [1.82, 2.24) is 19.7 Å². The van der Waals surface area contributed by atoms with Crippen LogP contribution < -0.4 is 5.32 Å². The lowest BCUT2D eigenvalue weighted by molar-refractivity contribution is 0.995. The highest BCUT2D eigenvalue weighted by Crippen LogP contribution is 2.15. The van der Waals surface area contributed by atoms with Gasteiger partial charge in [0.2, 0.25) is 5.95 Å². The van der Waals surface area contributed by atoms with Crippen LogP contribution in [0.1, 0.15) is 11.3 Å². The molecule has 96 valence electrons. The molecular formula is C14H15N5. The molecule has 1 aromatic carbocycles. The van der Waals surface area contributed by atoms with Gasteiger partial charge in [-0.1, -0.05) is 18.2 Å². The summed E-state index contributed by atoms with van der Waals surface area (Å²) in [6, 6.07) is 10.1. The number of aromatic nitrogens is 4. The minimum atomic E-state index is 0.701. The van der Waals surface area contributed by atoms with Gasteiger partial charge in [0.15, 0.2) is 0 Å². The van der Waals surface area contributed by atoms with Gasteiger partial charge in [0.25, 0.3) is 0 Å². The van der Waals surface area contributed by atoms with Gasteiger partial charge >= 0.3 is 0 Å². The van der Waals surface area contributed by atoms with Crippen LogP contribution >= 0.6 is 0 Å². The molecule has 0 saturated heterocycles. The lowest BCUT2D eigenvalue weighted by Gasteiger charge is -2.09. The Morgan fingerprint density at radius 1 is 1.26 bits per heavy atom. The zero-order valence-corrected chi connectivity index (χ0v) is 10.7. The number of aromatic amines is 1. The molecular weight excluding hydrogens is 238 g/mol. The Labute approximate surface area is 111 Å². The first-order valence-electron chi connectivity index (χ1n) is 6.16. The molecule has 2 N–H and O–H groups in total. The van der Waals surface area contributed by atoms with Gasteiger partial charge in [0.05, 0.1) is 6.20 Å². The predicted molar refractivity (Wildman–Crippen MR) is 74.2 cm³/mol.